The zero-order chi connectivity index (χ0) is 16.8. The molecule has 1 aromatic rings. The van der Waals surface area contributed by atoms with Gasteiger partial charge in [0.05, 0.1) is 18.2 Å². The Bertz CT molecular complexity index is 555. The van der Waals surface area contributed by atoms with Gasteiger partial charge in [-0.3, -0.25) is 4.79 Å². The molecule has 1 heterocycles. The molecule has 5 nitrogen and oxygen atoms in total. The maximum Gasteiger partial charge on any atom is 0.254 e. The summed E-state index contributed by atoms with van der Waals surface area (Å²) in [7, 11) is 0. The lowest BCUT2D eigenvalue weighted by atomic mass is 10.1. The smallest absolute Gasteiger partial charge is 0.254 e. The van der Waals surface area contributed by atoms with Crippen LogP contribution in [0, 0.1) is 0 Å². The predicted octanol–water partition coefficient (Wildman–Crippen LogP) is 3.38. The fourth-order valence-electron chi connectivity index (χ4n) is 2.61. The number of amides is 1. The van der Waals surface area contributed by atoms with Gasteiger partial charge in [-0.1, -0.05) is 18.5 Å². The van der Waals surface area contributed by atoms with Gasteiger partial charge in [0.1, 0.15) is 0 Å². The highest BCUT2D eigenvalue weighted by Gasteiger charge is 2.26. The van der Waals surface area contributed by atoms with Gasteiger partial charge in [0.25, 0.3) is 5.91 Å². The number of halogens is 2. The molecule has 1 saturated heterocycles. The summed E-state index contributed by atoms with van der Waals surface area (Å²) in [5.74, 6) is 1.02. The fourth-order valence-corrected chi connectivity index (χ4v) is 2.87. The van der Waals surface area contributed by atoms with Crippen molar-refractivity contribution in [2.45, 2.75) is 33.2 Å². The Kier molecular flexibility index (Phi) is 8.67. The molecule has 24 heavy (non-hydrogen) atoms. The lowest BCUT2D eigenvalue weighted by molar-refractivity contribution is 0.0655. The summed E-state index contributed by atoms with van der Waals surface area (Å²) in [6.07, 6.45) is 0.876. The van der Waals surface area contributed by atoms with Crippen molar-refractivity contribution in [1.29, 1.82) is 0 Å². The van der Waals surface area contributed by atoms with Crippen molar-refractivity contribution in [3.63, 3.8) is 0 Å². The minimum atomic E-state index is -0.0242. The summed E-state index contributed by atoms with van der Waals surface area (Å²) >= 11 is 6.34. The van der Waals surface area contributed by atoms with Crippen LogP contribution in [0.25, 0.3) is 0 Å². The number of hydrogen-bond donors (Lipinski definition) is 1. The van der Waals surface area contributed by atoms with Crippen LogP contribution >= 0.6 is 24.0 Å². The molecule has 1 aromatic carbocycles. The number of nitrogens with zero attached hydrogens (tertiary/aromatic N) is 1. The molecule has 1 aliphatic heterocycles. The quantitative estimate of drug-likeness (QED) is 0.826. The molecule has 7 heteroatoms. The van der Waals surface area contributed by atoms with Crippen LogP contribution in [0.4, 0.5) is 0 Å². The minimum Gasteiger partial charge on any atom is -0.490 e. The van der Waals surface area contributed by atoms with E-state index >= 15 is 0 Å². The van der Waals surface area contributed by atoms with E-state index in [4.69, 9.17) is 21.1 Å². The zero-order valence-corrected chi connectivity index (χ0v) is 16.0. The fraction of sp³-hybridized carbons (Fsp3) is 0.588. The second-order valence-corrected chi connectivity index (χ2v) is 6.03. The maximum atomic E-state index is 12.8. The number of nitrogens with one attached hydrogen (secondary N) is 1. The summed E-state index contributed by atoms with van der Waals surface area (Å²) in [5, 5.41) is 3.69. The van der Waals surface area contributed by atoms with E-state index in [1.54, 1.807) is 12.1 Å². The van der Waals surface area contributed by atoms with E-state index in [0.29, 0.717) is 41.8 Å². The van der Waals surface area contributed by atoms with E-state index in [1.165, 1.54) is 0 Å². The standard InChI is InChI=1S/C17H25ClN2O3.ClH/c1-4-8-23-16-14(18)9-13(10-15(16)22-5-2)17(21)20-7-6-19-11-12(20)3;/h9-10,12,19H,4-8,11H2,1-3H3;1H/t12-;/m0./s1. The maximum absolute atomic E-state index is 12.8. The molecule has 0 radical (unpaired) electrons. The van der Waals surface area contributed by atoms with Crippen LogP contribution in [0.1, 0.15) is 37.6 Å². The van der Waals surface area contributed by atoms with Crippen molar-refractivity contribution >= 4 is 29.9 Å². The molecule has 0 spiro atoms. The topological polar surface area (TPSA) is 50.8 Å². The third kappa shape index (κ3) is 4.91. The van der Waals surface area contributed by atoms with Crippen molar-refractivity contribution in [3.05, 3.63) is 22.7 Å². The highest BCUT2D eigenvalue weighted by molar-refractivity contribution is 6.32. The van der Waals surface area contributed by atoms with Crippen LogP contribution in [-0.4, -0.2) is 49.7 Å². The van der Waals surface area contributed by atoms with Crippen LogP contribution in [-0.2, 0) is 0 Å². The molecular weight excluding hydrogens is 351 g/mol. The van der Waals surface area contributed by atoms with Gasteiger partial charge in [-0.2, -0.15) is 0 Å². The van der Waals surface area contributed by atoms with Crippen LogP contribution in [0.2, 0.25) is 5.02 Å². The zero-order valence-electron chi connectivity index (χ0n) is 14.4. The molecule has 1 aliphatic rings. The minimum absolute atomic E-state index is 0. The van der Waals surface area contributed by atoms with Gasteiger partial charge in [0.2, 0.25) is 0 Å². The first-order valence-electron chi connectivity index (χ1n) is 8.19. The largest absolute Gasteiger partial charge is 0.490 e. The Balaban J connectivity index is 0.00000288. The molecule has 1 atom stereocenters. The molecular formula is C17H26Cl2N2O3. The second-order valence-electron chi connectivity index (χ2n) is 5.62. The SMILES string of the molecule is CCCOc1c(Cl)cc(C(=O)N2CCNC[C@@H]2C)cc1OCC.Cl. The summed E-state index contributed by atoms with van der Waals surface area (Å²) in [5.41, 5.74) is 0.538. The Morgan fingerprint density at radius 2 is 2.12 bits per heavy atom. The summed E-state index contributed by atoms with van der Waals surface area (Å²) in [4.78, 5) is 14.7. The number of piperazine rings is 1. The number of rotatable bonds is 6. The average Bonchev–Trinajstić information content (AvgIpc) is 2.54. The first kappa shape index (κ1) is 20.9. The monoisotopic (exact) mass is 376 g/mol. The molecule has 0 saturated carbocycles. The Labute approximate surface area is 155 Å². The van der Waals surface area contributed by atoms with Gasteiger partial charge in [-0.25, -0.2) is 0 Å². The Morgan fingerprint density at radius 3 is 2.75 bits per heavy atom. The molecule has 1 N–H and O–H groups in total. The first-order chi connectivity index (χ1) is 11.1. The normalized spacial score (nSPS) is 17.2. The van der Waals surface area contributed by atoms with Crippen LogP contribution < -0.4 is 14.8 Å². The molecule has 136 valence electrons. The van der Waals surface area contributed by atoms with Crippen LogP contribution in [0.3, 0.4) is 0 Å². The molecule has 0 bridgehead atoms. The third-order valence-corrected chi connectivity index (χ3v) is 4.05. The van der Waals surface area contributed by atoms with E-state index in [1.807, 2.05) is 25.7 Å². The molecule has 1 amide bonds. The number of carbonyl (C=O) groups is 1. The van der Waals surface area contributed by atoms with Crippen LogP contribution in [0.15, 0.2) is 12.1 Å². The van der Waals surface area contributed by atoms with Gasteiger partial charge in [-0.05, 0) is 32.4 Å². The lowest BCUT2D eigenvalue weighted by Gasteiger charge is -2.34. The van der Waals surface area contributed by atoms with Gasteiger partial charge in [-0.15, -0.1) is 12.4 Å². The molecule has 1 fully saturated rings. The third-order valence-electron chi connectivity index (χ3n) is 3.77. The average molecular weight is 377 g/mol. The Hall–Kier alpha value is -1.17. The van der Waals surface area contributed by atoms with E-state index < -0.39 is 0 Å². The number of benzene rings is 1. The van der Waals surface area contributed by atoms with E-state index in [9.17, 15) is 4.79 Å². The van der Waals surface area contributed by atoms with Crippen molar-refractivity contribution < 1.29 is 14.3 Å². The molecule has 0 unspecified atom stereocenters. The number of hydrogen-bond acceptors (Lipinski definition) is 4. The highest BCUT2D eigenvalue weighted by atomic mass is 35.5. The van der Waals surface area contributed by atoms with Gasteiger partial charge >= 0.3 is 0 Å². The van der Waals surface area contributed by atoms with Crippen LogP contribution in [0.5, 0.6) is 11.5 Å². The van der Waals surface area contributed by atoms with E-state index in [2.05, 4.69) is 5.32 Å². The second kappa shape index (κ2) is 9.97. The van der Waals surface area contributed by atoms with Gasteiger partial charge < -0.3 is 19.7 Å². The van der Waals surface area contributed by atoms with E-state index in [0.717, 1.165) is 19.5 Å². The van der Waals surface area contributed by atoms with E-state index in [-0.39, 0.29) is 24.4 Å². The first-order valence-corrected chi connectivity index (χ1v) is 8.57. The Morgan fingerprint density at radius 1 is 1.38 bits per heavy atom. The molecule has 0 aromatic heterocycles. The lowest BCUT2D eigenvalue weighted by Crippen LogP contribution is -2.52. The molecule has 2 rings (SSSR count). The van der Waals surface area contributed by atoms with Gasteiger partial charge in [0, 0.05) is 31.2 Å². The van der Waals surface area contributed by atoms with Gasteiger partial charge in [0.15, 0.2) is 11.5 Å². The number of ether oxygens (including phenoxy) is 2. The predicted molar refractivity (Wildman–Crippen MR) is 99.0 cm³/mol. The van der Waals surface area contributed by atoms with Crippen molar-refractivity contribution in [3.8, 4) is 11.5 Å². The van der Waals surface area contributed by atoms with Crippen molar-refractivity contribution in [2.24, 2.45) is 0 Å². The van der Waals surface area contributed by atoms with Crippen molar-refractivity contribution in [2.75, 3.05) is 32.8 Å². The summed E-state index contributed by atoms with van der Waals surface area (Å²) in [6.45, 7) is 9.30. The summed E-state index contributed by atoms with van der Waals surface area (Å²) in [6, 6.07) is 3.56. The number of carbonyl (C=O) groups excluding carboxylic acids is 1. The summed E-state index contributed by atoms with van der Waals surface area (Å²) < 4.78 is 11.3. The van der Waals surface area contributed by atoms with Crippen molar-refractivity contribution in [1.82, 2.24) is 10.2 Å². The highest BCUT2D eigenvalue weighted by Crippen LogP contribution is 2.37. The molecule has 0 aliphatic carbocycles.